The molecule has 0 amide bonds. The summed E-state index contributed by atoms with van der Waals surface area (Å²) in [7, 11) is 0. The molecule has 0 aliphatic rings. The number of rotatable bonds is 4. The molecular formula is C9H10F2N2O2. The molecule has 1 heterocycles. The van der Waals surface area contributed by atoms with Gasteiger partial charge in [-0.15, -0.1) is 0 Å². The van der Waals surface area contributed by atoms with Gasteiger partial charge >= 0.3 is 5.97 Å². The van der Waals surface area contributed by atoms with Crippen molar-refractivity contribution in [2.75, 3.05) is 6.54 Å². The van der Waals surface area contributed by atoms with E-state index in [9.17, 15) is 13.6 Å². The van der Waals surface area contributed by atoms with Gasteiger partial charge in [0.25, 0.3) is 0 Å². The lowest BCUT2D eigenvalue weighted by atomic mass is 9.96. The lowest BCUT2D eigenvalue weighted by Gasteiger charge is -2.13. The summed E-state index contributed by atoms with van der Waals surface area (Å²) >= 11 is 0. The fourth-order valence-electron chi connectivity index (χ4n) is 1.27. The highest BCUT2D eigenvalue weighted by Crippen LogP contribution is 2.21. The summed E-state index contributed by atoms with van der Waals surface area (Å²) in [5.41, 5.74) is 5.25. The Hall–Kier alpha value is -1.56. The normalized spacial score (nSPS) is 12.5. The topological polar surface area (TPSA) is 76.2 Å². The second-order valence-electron chi connectivity index (χ2n) is 3.06. The number of nitrogens with two attached hydrogens (primary N) is 1. The fourth-order valence-corrected chi connectivity index (χ4v) is 1.27. The summed E-state index contributed by atoms with van der Waals surface area (Å²) in [6.07, 6.45) is 0.381. The van der Waals surface area contributed by atoms with Gasteiger partial charge in [0.2, 0.25) is 5.95 Å². The number of halogens is 2. The van der Waals surface area contributed by atoms with Crippen LogP contribution in [0.15, 0.2) is 12.3 Å². The van der Waals surface area contributed by atoms with Gasteiger partial charge in [0, 0.05) is 5.92 Å². The van der Waals surface area contributed by atoms with Crippen LogP contribution in [0.3, 0.4) is 0 Å². The van der Waals surface area contributed by atoms with Crippen LogP contribution in [0, 0.1) is 11.8 Å². The van der Waals surface area contributed by atoms with E-state index in [0.717, 1.165) is 12.3 Å². The van der Waals surface area contributed by atoms with Gasteiger partial charge in [-0.2, -0.15) is 4.39 Å². The molecule has 0 aliphatic carbocycles. The van der Waals surface area contributed by atoms with E-state index < -0.39 is 23.7 Å². The van der Waals surface area contributed by atoms with Crippen molar-refractivity contribution in [1.29, 1.82) is 0 Å². The van der Waals surface area contributed by atoms with Crippen LogP contribution in [0.1, 0.15) is 17.9 Å². The summed E-state index contributed by atoms with van der Waals surface area (Å²) in [6.45, 7) is -0.0628. The van der Waals surface area contributed by atoms with Gasteiger partial charge in [0.05, 0.1) is 12.6 Å². The summed E-state index contributed by atoms with van der Waals surface area (Å²) in [5.74, 6) is -3.44. The molecular weight excluding hydrogens is 206 g/mol. The molecule has 1 atom stereocenters. The number of carboxylic acids is 1. The van der Waals surface area contributed by atoms with E-state index in [0.29, 0.717) is 0 Å². The maximum absolute atomic E-state index is 13.2. The molecule has 0 spiro atoms. The molecule has 1 aromatic heterocycles. The molecule has 0 aliphatic heterocycles. The van der Waals surface area contributed by atoms with E-state index in [1.54, 1.807) is 0 Å². The minimum absolute atomic E-state index is 0.0487. The van der Waals surface area contributed by atoms with E-state index in [-0.39, 0.29) is 18.5 Å². The highest BCUT2D eigenvalue weighted by atomic mass is 19.1. The van der Waals surface area contributed by atoms with E-state index in [1.165, 1.54) is 0 Å². The Balaban J connectivity index is 3.00. The highest BCUT2D eigenvalue weighted by molar-refractivity contribution is 5.68. The minimum Gasteiger partial charge on any atom is -0.481 e. The van der Waals surface area contributed by atoms with Gasteiger partial charge in [-0.3, -0.25) is 4.79 Å². The van der Waals surface area contributed by atoms with Crippen molar-refractivity contribution in [2.45, 2.75) is 12.3 Å². The van der Waals surface area contributed by atoms with Gasteiger partial charge in [0.1, 0.15) is 5.82 Å². The minimum atomic E-state index is -1.11. The second-order valence-corrected chi connectivity index (χ2v) is 3.06. The third-order valence-electron chi connectivity index (χ3n) is 2.00. The Bertz CT molecular complexity index is 371. The molecule has 0 aromatic carbocycles. The lowest BCUT2D eigenvalue weighted by Crippen LogP contribution is -2.18. The first kappa shape index (κ1) is 11.5. The van der Waals surface area contributed by atoms with E-state index in [2.05, 4.69) is 4.98 Å². The van der Waals surface area contributed by atoms with Crippen LogP contribution in [-0.4, -0.2) is 22.6 Å². The second kappa shape index (κ2) is 4.79. The molecule has 0 saturated heterocycles. The Morgan fingerprint density at radius 3 is 2.80 bits per heavy atom. The molecule has 15 heavy (non-hydrogen) atoms. The van der Waals surface area contributed by atoms with Crippen LogP contribution in [-0.2, 0) is 4.79 Å². The van der Waals surface area contributed by atoms with Crippen molar-refractivity contribution < 1.29 is 18.7 Å². The molecule has 0 radical (unpaired) electrons. The fraction of sp³-hybridized carbons (Fsp3) is 0.333. The number of nitrogens with zero attached hydrogens (tertiary/aromatic N) is 1. The number of aromatic nitrogens is 1. The van der Waals surface area contributed by atoms with Crippen molar-refractivity contribution in [1.82, 2.24) is 4.98 Å². The van der Waals surface area contributed by atoms with Crippen LogP contribution in [0.25, 0.3) is 0 Å². The molecule has 1 aromatic rings. The van der Waals surface area contributed by atoms with E-state index in [4.69, 9.17) is 10.8 Å². The van der Waals surface area contributed by atoms with Crippen LogP contribution < -0.4 is 5.73 Å². The molecule has 0 bridgehead atoms. The first-order valence-electron chi connectivity index (χ1n) is 4.27. The summed E-state index contributed by atoms with van der Waals surface area (Å²) < 4.78 is 25.9. The Labute approximate surface area is 84.7 Å². The molecule has 4 nitrogen and oxygen atoms in total. The molecule has 1 unspecified atom stereocenters. The summed E-state index contributed by atoms with van der Waals surface area (Å²) in [5, 5.41) is 8.55. The zero-order valence-corrected chi connectivity index (χ0v) is 7.78. The van der Waals surface area contributed by atoms with Crippen molar-refractivity contribution in [3.05, 3.63) is 29.6 Å². The zero-order chi connectivity index (χ0) is 11.4. The predicted molar refractivity (Wildman–Crippen MR) is 48.2 cm³/mol. The summed E-state index contributed by atoms with van der Waals surface area (Å²) in [6, 6.07) is 0.871. The third-order valence-corrected chi connectivity index (χ3v) is 2.00. The van der Waals surface area contributed by atoms with Crippen molar-refractivity contribution >= 4 is 5.97 Å². The Morgan fingerprint density at radius 1 is 1.60 bits per heavy atom. The van der Waals surface area contributed by atoms with Gasteiger partial charge in [-0.05, 0) is 18.2 Å². The van der Waals surface area contributed by atoms with Crippen LogP contribution in [0.2, 0.25) is 0 Å². The van der Waals surface area contributed by atoms with E-state index in [1.807, 2.05) is 0 Å². The van der Waals surface area contributed by atoms with E-state index >= 15 is 0 Å². The Kier molecular flexibility index (Phi) is 3.68. The average Bonchev–Trinajstić information content (AvgIpc) is 2.18. The number of carboxylic acid groups (broad SMARTS) is 1. The van der Waals surface area contributed by atoms with Crippen LogP contribution in [0.4, 0.5) is 8.78 Å². The maximum atomic E-state index is 13.2. The Morgan fingerprint density at radius 2 is 2.27 bits per heavy atom. The SMILES string of the molecule is NCC(CC(=O)O)c1cc(F)ncc1F. The lowest BCUT2D eigenvalue weighted by molar-refractivity contribution is -0.137. The van der Waals surface area contributed by atoms with Crippen molar-refractivity contribution in [3.63, 3.8) is 0 Å². The molecule has 6 heteroatoms. The zero-order valence-electron chi connectivity index (χ0n) is 7.78. The van der Waals surface area contributed by atoms with Crippen LogP contribution >= 0.6 is 0 Å². The van der Waals surface area contributed by atoms with Crippen molar-refractivity contribution in [2.24, 2.45) is 5.73 Å². The third kappa shape index (κ3) is 2.95. The monoisotopic (exact) mass is 216 g/mol. The molecule has 82 valence electrons. The molecule has 1 rings (SSSR count). The standard InChI is InChI=1S/C9H10F2N2O2/c10-7-4-13-8(11)2-6(7)5(3-12)1-9(14)15/h2,4-5H,1,3,12H2,(H,14,15). The van der Waals surface area contributed by atoms with Gasteiger partial charge in [0.15, 0.2) is 0 Å². The van der Waals surface area contributed by atoms with Gasteiger partial charge < -0.3 is 10.8 Å². The quantitative estimate of drug-likeness (QED) is 0.732. The molecule has 0 fully saturated rings. The first-order valence-corrected chi connectivity index (χ1v) is 4.27. The van der Waals surface area contributed by atoms with Gasteiger partial charge in [-0.1, -0.05) is 0 Å². The number of carbonyl (C=O) groups is 1. The molecule has 3 N–H and O–H groups in total. The first-order chi connectivity index (χ1) is 7.04. The number of hydrogen-bond donors (Lipinski definition) is 2. The number of hydrogen-bond acceptors (Lipinski definition) is 3. The predicted octanol–water partition coefficient (Wildman–Crippen LogP) is 0.877. The summed E-state index contributed by atoms with van der Waals surface area (Å²) in [4.78, 5) is 13.6. The maximum Gasteiger partial charge on any atom is 0.304 e. The van der Waals surface area contributed by atoms with Crippen molar-refractivity contribution in [3.8, 4) is 0 Å². The number of aliphatic carboxylic acids is 1. The number of pyridine rings is 1. The molecule has 0 saturated carbocycles. The highest BCUT2D eigenvalue weighted by Gasteiger charge is 2.18. The largest absolute Gasteiger partial charge is 0.481 e. The smallest absolute Gasteiger partial charge is 0.304 e. The van der Waals surface area contributed by atoms with Crippen LogP contribution in [0.5, 0.6) is 0 Å². The average molecular weight is 216 g/mol. The van der Waals surface area contributed by atoms with Gasteiger partial charge in [-0.25, -0.2) is 9.37 Å².